The number of hydrogen-bond acceptors (Lipinski definition) is 4. The topological polar surface area (TPSA) is 60.0 Å². The highest BCUT2D eigenvalue weighted by molar-refractivity contribution is 5.49. The Bertz CT molecular complexity index is 698. The average Bonchev–Trinajstić information content (AvgIpc) is 3.13. The van der Waals surface area contributed by atoms with Crippen LogP contribution in [0.1, 0.15) is 31.9 Å². The van der Waals surface area contributed by atoms with Crippen LogP contribution in [0.4, 0.5) is 5.82 Å². The standard InChI is InChI=1S/C15H20N6/c1-12(2)13-10-15(21-14(19-13)4-6-18-21)17-5-3-8-20-9-7-16-11-20/h4,6-7,9-12,17H,3,5,8H2,1-2H3. The first-order valence-electron chi connectivity index (χ1n) is 7.28. The van der Waals surface area contributed by atoms with Crippen molar-refractivity contribution in [2.75, 3.05) is 11.9 Å². The molecule has 0 saturated carbocycles. The van der Waals surface area contributed by atoms with Gasteiger partial charge in [-0.25, -0.2) is 9.97 Å². The van der Waals surface area contributed by atoms with Crippen LogP contribution in [0.3, 0.4) is 0 Å². The number of fused-ring (bicyclic) bond motifs is 1. The molecule has 0 fully saturated rings. The molecule has 0 radical (unpaired) electrons. The van der Waals surface area contributed by atoms with Gasteiger partial charge in [0.15, 0.2) is 5.65 Å². The first kappa shape index (κ1) is 13.6. The predicted octanol–water partition coefficient (Wildman–Crippen LogP) is 2.55. The number of anilines is 1. The molecule has 0 atom stereocenters. The number of nitrogens with one attached hydrogen (secondary N) is 1. The molecule has 6 nitrogen and oxygen atoms in total. The van der Waals surface area contributed by atoms with E-state index in [1.165, 1.54) is 0 Å². The summed E-state index contributed by atoms with van der Waals surface area (Å²) in [5, 5.41) is 7.78. The van der Waals surface area contributed by atoms with Crippen LogP contribution in [-0.4, -0.2) is 30.7 Å². The summed E-state index contributed by atoms with van der Waals surface area (Å²) in [4.78, 5) is 8.66. The van der Waals surface area contributed by atoms with Gasteiger partial charge in [0.25, 0.3) is 0 Å². The Labute approximate surface area is 123 Å². The summed E-state index contributed by atoms with van der Waals surface area (Å²) < 4.78 is 3.93. The van der Waals surface area contributed by atoms with E-state index >= 15 is 0 Å². The van der Waals surface area contributed by atoms with E-state index in [1.807, 2.05) is 23.1 Å². The van der Waals surface area contributed by atoms with Crippen LogP contribution in [0.25, 0.3) is 5.65 Å². The van der Waals surface area contributed by atoms with Crippen LogP contribution in [0.5, 0.6) is 0 Å². The molecule has 0 aliphatic carbocycles. The fraction of sp³-hybridized carbons (Fsp3) is 0.400. The van der Waals surface area contributed by atoms with Gasteiger partial charge < -0.3 is 9.88 Å². The normalized spacial score (nSPS) is 11.4. The Hall–Kier alpha value is -2.37. The Morgan fingerprint density at radius 1 is 1.29 bits per heavy atom. The first-order chi connectivity index (χ1) is 10.2. The molecule has 110 valence electrons. The lowest BCUT2D eigenvalue weighted by atomic mass is 10.1. The van der Waals surface area contributed by atoms with Gasteiger partial charge in [-0.3, -0.25) is 0 Å². The lowest BCUT2D eigenvalue weighted by Crippen LogP contribution is -2.11. The number of nitrogens with zero attached hydrogens (tertiary/aromatic N) is 5. The molecule has 0 saturated heterocycles. The van der Waals surface area contributed by atoms with Gasteiger partial charge in [-0.2, -0.15) is 9.61 Å². The second-order valence-electron chi connectivity index (χ2n) is 5.40. The third kappa shape index (κ3) is 3.04. The number of imidazole rings is 1. The Morgan fingerprint density at radius 3 is 2.95 bits per heavy atom. The van der Waals surface area contributed by atoms with Crippen molar-refractivity contribution in [1.29, 1.82) is 0 Å². The zero-order valence-corrected chi connectivity index (χ0v) is 12.4. The summed E-state index contributed by atoms with van der Waals surface area (Å²) in [5.41, 5.74) is 1.97. The number of aromatic nitrogens is 5. The van der Waals surface area contributed by atoms with Crippen molar-refractivity contribution in [1.82, 2.24) is 24.1 Å². The summed E-state index contributed by atoms with van der Waals surface area (Å²) in [5.74, 6) is 1.40. The van der Waals surface area contributed by atoms with Gasteiger partial charge in [-0.1, -0.05) is 13.8 Å². The van der Waals surface area contributed by atoms with Crippen LogP contribution in [0, 0.1) is 0 Å². The van der Waals surface area contributed by atoms with Crippen LogP contribution < -0.4 is 5.32 Å². The van der Waals surface area contributed by atoms with Crippen molar-refractivity contribution >= 4 is 11.5 Å². The van der Waals surface area contributed by atoms with Gasteiger partial charge in [0.1, 0.15) is 5.82 Å². The average molecular weight is 284 g/mol. The van der Waals surface area contributed by atoms with E-state index in [-0.39, 0.29) is 0 Å². The molecule has 1 N–H and O–H groups in total. The zero-order valence-electron chi connectivity index (χ0n) is 12.4. The monoisotopic (exact) mass is 284 g/mol. The molecule has 3 rings (SSSR count). The highest BCUT2D eigenvalue weighted by Gasteiger charge is 2.08. The molecule has 21 heavy (non-hydrogen) atoms. The molecule has 0 unspecified atom stereocenters. The Balaban J connectivity index is 1.69. The van der Waals surface area contributed by atoms with E-state index in [4.69, 9.17) is 0 Å². The largest absolute Gasteiger partial charge is 0.370 e. The second-order valence-corrected chi connectivity index (χ2v) is 5.40. The molecule has 3 heterocycles. The number of hydrogen-bond donors (Lipinski definition) is 1. The SMILES string of the molecule is CC(C)c1cc(NCCCn2ccnc2)n2nccc2n1. The second kappa shape index (κ2) is 5.95. The van der Waals surface area contributed by atoms with Crippen molar-refractivity contribution in [3.05, 3.63) is 42.7 Å². The van der Waals surface area contributed by atoms with E-state index in [2.05, 4.69) is 44.9 Å². The molecule has 0 bridgehead atoms. The van der Waals surface area contributed by atoms with E-state index < -0.39 is 0 Å². The molecule has 0 aromatic carbocycles. The number of rotatable bonds is 6. The molecule has 3 aromatic rings. The Morgan fingerprint density at radius 2 is 2.19 bits per heavy atom. The summed E-state index contributed by atoms with van der Waals surface area (Å²) >= 11 is 0. The highest BCUT2D eigenvalue weighted by atomic mass is 15.3. The third-order valence-electron chi connectivity index (χ3n) is 3.43. The lowest BCUT2D eigenvalue weighted by Gasteiger charge is -2.12. The van der Waals surface area contributed by atoms with Crippen LogP contribution in [0.15, 0.2) is 37.1 Å². The molecule has 0 amide bonds. The molecule has 0 aliphatic heterocycles. The minimum Gasteiger partial charge on any atom is -0.370 e. The van der Waals surface area contributed by atoms with E-state index in [1.54, 1.807) is 12.4 Å². The van der Waals surface area contributed by atoms with Crippen molar-refractivity contribution < 1.29 is 0 Å². The fourth-order valence-corrected chi connectivity index (χ4v) is 2.25. The van der Waals surface area contributed by atoms with Gasteiger partial charge in [-0.15, -0.1) is 0 Å². The minimum atomic E-state index is 0.399. The van der Waals surface area contributed by atoms with Crippen LogP contribution in [-0.2, 0) is 6.54 Å². The zero-order chi connectivity index (χ0) is 14.7. The fourth-order valence-electron chi connectivity index (χ4n) is 2.25. The third-order valence-corrected chi connectivity index (χ3v) is 3.43. The van der Waals surface area contributed by atoms with Gasteiger partial charge in [0.05, 0.1) is 12.5 Å². The highest BCUT2D eigenvalue weighted by Crippen LogP contribution is 2.18. The van der Waals surface area contributed by atoms with Crippen molar-refractivity contribution in [3.63, 3.8) is 0 Å². The quantitative estimate of drug-likeness (QED) is 0.707. The smallest absolute Gasteiger partial charge is 0.157 e. The molecule has 0 spiro atoms. The maximum atomic E-state index is 4.61. The first-order valence-corrected chi connectivity index (χ1v) is 7.28. The summed E-state index contributed by atoms with van der Waals surface area (Å²) in [6, 6.07) is 4.02. The van der Waals surface area contributed by atoms with Crippen LogP contribution in [0.2, 0.25) is 0 Å². The molecular formula is C15H20N6. The maximum absolute atomic E-state index is 4.61. The summed E-state index contributed by atoms with van der Waals surface area (Å²) in [6.07, 6.45) is 8.43. The number of aryl methyl sites for hydroxylation is 1. The van der Waals surface area contributed by atoms with Crippen molar-refractivity contribution in [2.24, 2.45) is 0 Å². The molecule has 0 aliphatic rings. The molecule has 3 aromatic heterocycles. The Kier molecular flexibility index (Phi) is 3.85. The molecular weight excluding hydrogens is 264 g/mol. The van der Waals surface area contributed by atoms with Crippen molar-refractivity contribution in [2.45, 2.75) is 32.7 Å². The maximum Gasteiger partial charge on any atom is 0.157 e. The minimum absolute atomic E-state index is 0.399. The molecule has 6 heteroatoms. The van der Waals surface area contributed by atoms with E-state index in [0.29, 0.717) is 5.92 Å². The van der Waals surface area contributed by atoms with Gasteiger partial charge >= 0.3 is 0 Å². The van der Waals surface area contributed by atoms with Crippen molar-refractivity contribution in [3.8, 4) is 0 Å². The summed E-state index contributed by atoms with van der Waals surface area (Å²) in [7, 11) is 0. The van der Waals surface area contributed by atoms with E-state index in [0.717, 1.165) is 36.7 Å². The van der Waals surface area contributed by atoms with Gasteiger partial charge in [0.2, 0.25) is 0 Å². The predicted molar refractivity (Wildman–Crippen MR) is 82.4 cm³/mol. The van der Waals surface area contributed by atoms with Gasteiger partial charge in [0, 0.05) is 43.3 Å². The lowest BCUT2D eigenvalue weighted by molar-refractivity contribution is 0.658. The summed E-state index contributed by atoms with van der Waals surface area (Å²) in [6.45, 7) is 6.14. The van der Waals surface area contributed by atoms with E-state index in [9.17, 15) is 0 Å². The van der Waals surface area contributed by atoms with Gasteiger partial charge in [-0.05, 0) is 12.3 Å². The van der Waals surface area contributed by atoms with Crippen LogP contribution >= 0.6 is 0 Å².